The molecule has 5 heteroatoms. The maximum Gasteiger partial charge on any atom is 0.179 e. The fourth-order valence-electron chi connectivity index (χ4n) is 2.07. The summed E-state index contributed by atoms with van der Waals surface area (Å²) in [7, 11) is 1.75. The van der Waals surface area contributed by atoms with E-state index < -0.39 is 11.6 Å². The van der Waals surface area contributed by atoms with E-state index in [4.69, 9.17) is 0 Å². The third-order valence-electron chi connectivity index (χ3n) is 3.02. The number of hydrogen-bond donors (Lipinski definition) is 0. The first kappa shape index (κ1) is 15.3. The Morgan fingerprint density at radius 3 is 2.67 bits per heavy atom. The first-order valence-electron chi connectivity index (χ1n) is 6.55. The number of nitrogens with zero attached hydrogens (tertiary/aromatic N) is 2. The van der Waals surface area contributed by atoms with Gasteiger partial charge in [0.05, 0.1) is 17.8 Å². The molecule has 1 aromatic carbocycles. The molecule has 1 aromatic heterocycles. The molecule has 0 saturated heterocycles. The summed E-state index contributed by atoms with van der Waals surface area (Å²) in [6.45, 7) is 2.41. The summed E-state index contributed by atoms with van der Waals surface area (Å²) >= 11 is 0. The van der Waals surface area contributed by atoms with Crippen molar-refractivity contribution in [3.63, 3.8) is 0 Å². The minimum absolute atomic E-state index is 0.0399. The molecule has 0 spiro atoms. The number of aromatic nitrogens is 1. The van der Waals surface area contributed by atoms with Crippen LogP contribution in [0.4, 0.5) is 8.78 Å². The molecule has 0 unspecified atom stereocenters. The highest BCUT2D eigenvalue weighted by molar-refractivity contribution is 5.97. The summed E-state index contributed by atoms with van der Waals surface area (Å²) in [5.74, 6) is -1.91. The van der Waals surface area contributed by atoms with Crippen LogP contribution in [-0.2, 0) is 6.54 Å². The second-order valence-electron chi connectivity index (χ2n) is 4.99. The minimum Gasteiger partial charge on any atom is -0.293 e. The highest BCUT2D eigenvalue weighted by Gasteiger charge is 2.15. The third-order valence-corrected chi connectivity index (χ3v) is 3.02. The van der Waals surface area contributed by atoms with Gasteiger partial charge in [0.15, 0.2) is 5.78 Å². The molecule has 0 fully saturated rings. The van der Waals surface area contributed by atoms with Gasteiger partial charge in [-0.3, -0.25) is 14.7 Å². The van der Waals surface area contributed by atoms with Crippen molar-refractivity contribution in [1.82, 2.24) is 9.88 Å². The van der Waals surface area contributed by atoms with Gasteiger partial charge in [-0.25, -0.2) is 8.78 Å². The molecule has 0 N–H and O–H groups in total. The number of ketones is 1. The minimum atomic E-state index is -0.831. The van der Waals surface area contributed by atoms with Gasteiger partial charge >= 0.3 is 0 Å². The Bertz CT molecular complexity index is 658. The number of halogens is 2. The molecule has 0 aliphatic rings. The van der Waals surface area contributed by atoms with E-state index in [0.717, 1.165) is 23.5 Å². The van der Waals surface area contributed by atoms with Crippen molar-refractivity contribution in [2.75, 3.05) is 13.6 Å². The van der Waals surface area contributed by atoms with Crippen molar-refractivity contribution in [3.8, 4) is 0 Å². The first-order valence-corrected chi connectivity index (χ1v) is 6.55. The molecule has 0 aliphatic heterocycles. The Hall–Kier alpha value is -2.14. The zero-order valence-electron chi connectivity index (χ0n) is 11.9. The Morgan fingerprint density at radius 2 is 2.00 bits per heavy atom. The number of Topliss-reactive ketones (excluding diaryl/α,β-unsaturated/α-hetero) is 1. The maximum atomic E-state index is 13.5. The number of aryl methyl sites for hydroxylation is 1. The standard InChI is InChI=1S/C16H16F2N2O/c1-11-4-3-5-13(19-11)9-20(2)10-16(21)14-7-6-12(17)8-15(14)18/h3-8H,9-10H2,1-2H3. The van der Waals surface area contributed by atoms with Crippen LogP contribution in [0.1, 0.15) is 21.7 Å². The van der Waals surface area contributed by atoms with Crippen LogP contribution in [0.3, 0.4) is 0 Å². The van der Waals surface area contributed by atoms with E-state index >= 15 is 0 Å². The maximum absolute atomic E-state index is 13.5. The van der Waals surface area contributed by atoms with Gasteiger partial charge < -0.3 is 0 Å². The van der Waals surface area contributed by atoms with Crippen LogP contribution in [-0.4, -0.2) is 29.3 Å². The molecular formula is C16H16F2N2O. The van der Waals surface area contributed by atoms with Crippen LogP contribution in [0.5, 0.6) is 0 Å². The van der Waals surface area contributed by atoms with Gasteiger partial charge in [-0.2, -0.15) is 0 Å². The smallest absolute Gasteiger partial charge is 0.179 e. The monoisotopic (exact) mass is 290 g/mol. The molecule has 2 aromatic rings. The summed E-state index contributed by atoms with van der Waals surface area (Å²) in [5.41, 5.74) is 1.64. The molecular weight excluding hydrogens is 274 g/mol. The van der Waals surface area contributed by atoms with Crippen LogP contribution < -0.4 is 0 Å². The van der Waals surface area contributed by atoms with E-state index in [1.807, 2.05) is 25.1 Å². The molecule has 110 valence electrons. The number of hydrogen-bond acceptors (Lipinski definition) is 3. The number of carbonyl (C=O) groups excluding carboxylic acids is 1. The topological polar surface area (TPSA) is 33.2 Å². The van der Waals surface area contributed by atoms with Crippen molar-refractivity contribution in [3.05, 3.63) is 65.0 Å². The number of carbonyl (C=O) groups is 1. The first-order chi connectivity index (χ1) is 9.95. The quantitative estimate of drug-likeness (QED) is 0.794. The molecule has 21 heavy (non-hydrogen) atoms. The molecule has 0 radical (unpaired) electrons. The van der Waals surface area contributed by atoms with E-state index in [1.54, 1.807) is 11.9 Å². The Morgan fingerprint density at radius 1 is 1.24 bits per heavy atom. The number of benzene rings is 1. The Balaban J connectivity index is 2.02. The summed E-state index contributed by atoms with van der Waals surface area (Å²) in [6.07, 6.45) is 0. The number of rotatable bonds is 5. The SMILES string of the molecule is Cc1cccc(CN(C)CC(=O)c2ccc(F)cc2F)n1. The third kappa shape index (κ3) is 4.16. The van der Waals surface area contributed by atoms with E-state index in [2.05, 4.69) is 4.98 Å². The molecule has 0 amide bonds. The predicted molar refractivity (Wildman–Crippen MR) is 76.0 cm³/mol. The van der Waals surface area contributed by atoms with Crippen molar-refractivity contribution < 1.29 is 13.6 Å². The molecule has 0 bridgehead atoms. The summed E-state index contributed by atoms with van der Waals surface area (Å²) in [6, 6.07) is 8.63. The zero-order chi connectivity index (χ0) is 15.4. The summed E-state index contributed by atoms with van der Waals surface area (Å²) in [4.78, 5) is 18.1. The highest BCUT2D eigenvalue weighted by Crippen LogP contribution is 2.11. The van der Waals surface area contributed by atoms with Gasteiger partial charge in [-0.05, 0) is 38.2 Å². The van der Waals surface area contributed by atoms with Crippen LogP contribution in [0.25, 0.3) is 0 Å². The fourth-order valence-corrected chi connectivity index (χ4v) is 2.07. The highest BCUT2D eigenvalue weighted by atomic mass is 19.1. The van der Waals surface area contributed by atoms with Gasteiger partial charge in [0, 0.05) is 18.3 Å². The van der Waals surface area contributed by atoms with Gasteiger partial charge in [0.2, 0.25) is 0 Å². The summed E-state index contributed by atoms with van der Waals surface area (Å²) < 4.78 is 26.4. The van der Waals surface area contributed by atoms with Crippen LogP contribution in [0.15, 0.2) is 36.4 Å². The van der Waals surface area contributed by atoms with E-state index in [0.29, 0.717) is 6.54 Å². The van der Waals surface area contributed by atoms with E-state index in [9.17, 15) is 13.6 Å². The second kappa shape index (κ2) is 6.54. The number of likely N-dealkylation sites (N-methyl/N-ethyl adjacent to an activating group) is 1. The number of pyridine rings is 1. The largest absolute Gasteiger partial charge is 0.293 e. The second-order valence-corrected chi connectivity index (χ2v) is 4.99. The fraction of sp³-hybridized carbons (Fsp3) is 0.250. The van der Waals surface area contributed by atoms with Gasteiger partial charge in [-0.15, -0.1) is 0 Å². The average Bonchev–Trinajstić information content (AvgIpc) is 2.38. The van der Waals surface area contributed by atoms with E-state index in [1.165, 1.54) is 6.07 Å². The predicted octanol–water partition coefficient (Wildman–Crippen LogP) is 2.98. The molecule has 0 atom stereocenters. The lowest BCUT2D eigenvalue weighted by atomic mass is 10.1. The molecule has 3 nitrogen and oxygen atoms in total. The van der Waals surface area contributed by atoms with E-state index in [-0.39, 0.29) is 17.9 Å². The van der Waals surface area contributed by atoms with Gasteiger partial charge in [0.25, 0.3) is 0 Å². The van der Waals surface area contributed by atoms with Crippen LogP contribution >= 0.6 is 0 Å². The van der Waals surface area contributed by atoms with Crippen molar-refractivity contribution in [1.29, 1.82) is 0 Å². The lowest BCUT2D eigenvalue weighted by Crippen LogP contribution is -2.26. The lowest BCUT2D eigenvalue weighted by Gasteiger charge is -2.15. The molecule has 1 heterocycles. The van der Waals surface area contributed by atoms with Crippen molar-refractivity contribution >= 4 is 5.78 Å². The normalized spacial score (nSPS) is 10.9. The van der Waals surface area contributed by atoms with Crippen LogP contribution in [0.2, 0.25) is 0 Å². The zero-order valence-corrected chi connectivity index (χ0v) is 11.9. The van der Waals surface area contributed by atoms with Gasteiger partial charge in [-0.1, -0.05) is 6.07 Å². The summed E-state index contributed by atoms with van der Waals surface area (Å²) in [5, 5.41) is 0. The Labute approximate surface area is 122 Å². The van der Waals surface area contributed by atoms with Crippen LogP contribution in [0, 0.1) is 18.6 Å². The van der Waals surface area contributed by atoms with Crippen molar-refractivity contribution in [2.24, 2.45) is 0 Å². The lowest BCUT2D eigenvalue weighted by molar-refractivity contribution is 0.0938. The Kier molecular flexibility index (Phi) is 4.75. The molecule has 0 aliphatic carbocycles. The van der Waals surface area contributed by atoms with Crippen molar-refractivity contribution in [2.45, 2.75) is 13.5 Å². The molecule has 0 saturated carbocycles. The van der Waals surface area contributed by atoms with Gasteiger partial charge in [0.1, 0.15) is 11.6 Å². The average molecular weight is 290 g/mol. The molecule has 2 rings (SSSR count).